The minimum Gasteiger partial charge on any atom is -0.388 e. The molecule has 11 heteroatoms. The van der Waals surface area contributed by atoms with Gasteiger partial charge in [0.1, 0.15) is 18.3 Å². The molecule has 7 N–H and O–H groups in total. The molecule has 152 valence electrons. The SMILES string of the molecule is CCCO[C@@H]1O[C@H](CNC(=O)c2ccc(S(N)(=O)=O)cc2)[C@@H](O)[C@H](O)[C@H]1N. The van der Waals surface area contributed by atoms with Crippen LogP contribution < -0.4 is 16.2 Å². The number of amides is 1. The van der Waals surface area contributed by atoms with Crippen LogP contribution in [0, 0.1) is 0 Å². The Hall–Kier alpha value is -1.60. The van der Waals surface area contributed by atoms with Crippen molar-refractivity contribution in [2.75, 3.05) is 13.2 Å². The number of carbonyl (C=O) groups excluding carboxylic acids is 1. The van der Waals surface area contributed by atoms with E-state index < -0.39 is 46.6 Å². The summed E-state index contributed by atoms with van der Waals surface area (Å²) in [5.41, 5.74) is 6.00. The number of nitrogens with one attached hydrogen (secondary N) is 1. The van der Waals surface area contributed by atoms with Crippen molar-refractivity contribution in [3.8, 4) is 0 Å². The van der Waals surface area contributed by atoms with Crippen LogP contribution in [0.4, 0.5) is 0 Å². The van der Waals surface area contributed by atoms with Crippen LogP contribution >= 0.6 is 0 Å². The second-order valence-electron chi connectivity index (χ2n) is 6.25. The predicted octanol–water partition coefficient (Wildman–Crippen LogP) is -1.74. The summed E-state index contributed by atoms with van der Waals surface area (Å²) in [6.07, 6.45) is -3.67. The zero-order valence-electron chi connectivity index (χ0n) is 14.8. The predicted molar refractivity (Wildman–Crippen MR) is 95.0 cm³/mol. The van der Waals surface area contributed by atoms with Crippen LogP contribution in [0.25, 0.3) is 0 Å². The quantitative estimate of drug-likeness (QED) is 0.357. The van der Waals surface area contributed by atoms with E-state index in [1.165, 1.54) is 24.3 Å². The largest absolute Gasteiger partial charge is 0.388 e. The normalized spacial score (nSPS) is 28.7. The lowest BCUT2D eigenvalue weighted by atomic mass is 9.97. The van der Waals surface area contributed by atoms with Gasteiger partial charge in [-0.3, -0.25) is 4.79 Å². The van der Waals surface area contributed by atoms with Crippen molar-refractivity contribution in [3.05, 3.63) is 29.8 Å². The maximum absolute atomic E-state index is 12.2. The lowest BCUT2D eigenvalue weighted by Gasteiger charge is -2.41. The fourth-order valence-electron chi connectivity index (χ4n) is 2.60. The Labute approximate surface area is 157 Å². The summed E-state index contributed by atoms with van der Waals surface area (Å²) >= 11 is 0. The molecule has 0 aliphatic carbocycles. The number of carbonyl (C=O) groups is 1. The molecule has 0 bridgehead atoms. The van der Waals surface area contributed by atoms with Gasteiger partial charge in [0.15, 0.2) is 6.29 Å². The van der Waals surface area contributed by atoms with Crippen LogP contribution in [0.2, 0.25) is 0 Å². The molecule has 1 aliphatic heterocycles. The second-order valence-corrected chi connectivity index (χ2v) is 7.81. The minimum absolute atomic E-state index is 0.104. The summed E-state index contributed by atoms with van der Waals surface area (Å²) < 4.78 is 33.5. The molecule has 2 rings (SSSR count). The maximum atomic E-state index is 12.2. The standard InChI is InChI=1S/C16H25N3O7S/c1-2-7-25-16-12(17)14(21)13(20)11(26-16)8-19-15(22)9-3-5-10(6-4-9)27(18,23)24/h3-6,11-14,16,20-21H,2,7-8,17H2,1H3,(H,19,22)(H2,18,23,24)/t11-,12-,13-,14-,16-/m1/s1. The first-order valence-electron chi connectivity index (χ1n) is 8.45. The molecule has 1 aromatic rings. The van der Waals surface area contributed by atoms with E-state index in [4.69, 9.17) is 20.3 Å². The minimum atomic E-state index is -3.85. The van der Waals surface area contributed by atoms with Gasteiger partial charge in [-0.1, -0.05) is 6.92 Å². The molecule has 0 spiro atoms. The third kappa shape index (κ3) is 5.45. The number of rotatable bonds is 7. The summed E-state index contributed by atoms with van der Waals surface area (Å²) in [4.78, 5) is 12.1. The van der Waals surface area contributed by atoms with Crippen molar-refractivity contribution in [2.45, 2.75) is 48.9 Å². The molecule has 27 heavy (non-hydrogen) atoms. The zero-order chi connectivity index (χ0) is 20.2. The molecular formula is C16H25N3O7S. The summed E-state index contributed by atoms with van der Waals surface area (Å²) in [7, 11) is -3.85. The van der Waals surface area contributed by atoms with Crippen LogP contribution in [0.5, 0.6) is 0 Å². The van der Waals surface area contributed by atoms with Crippen molar-refractivity contribution in [1.29, 1.82) is 0 Å². The molecular weight excluding hydrogens is 378 g/mol. The number of hydrogen-bond acceptors (Lipinski definition) is 8. The Morgan fingerprint density at radius 2 is 1.89 bits per heavy atom. The highest BCUT2D eigenvalue weighted by Gasteiger charge is 2.43. The van der Waals surface area contributed by atoms with E-state index in [9.17, 15) is 23.4 Å². The lowest BCUT2D eigenvalue weighted by Crippen LogP contribution is -2.63. The van der Waals surface area contributed by atoms with Gasteiger partial charge in [0.05, 0.1) is 10.9 Å². The van der Waals surface area contributed by atoms with Gasteiger partial charge < -0.3 is 30.7 Å². The Morgan fingerprint density at radius 1 is 1.26 bits per heavy atom. The van der Waals surface area contributed by atoms with E-state index in [-0.39, 0.29) is 17.0 Å². The number of aliphatic hydroxyl groups excluding tert-OH is 2. The summed E-state index contributed by atoms with van der Waals surface area (Å²) in [6.45, 7) is 2.17. The Bertz CT molecular complexity index is 741. The van der Waals surface area contributed by atoms with Crippen molar-refractivity contribution in [3.63, 3.8) is 0 Å². The number of nitrogens with two attached hydrogens (primary N) is 2. The van der Waals surface area contributed by atoms with Gasteiger partial charge in [-0.25, -0.2) is 13.6 Å². The molecule has 0 aromatic heterocycles. The molecule has 0 saturated carbocycles. The first-order chi connectivity index (χ1) is 12.6. The molecule has 1 fully saturated rings. The van der Waals surface area contributed by atoms with E-state index in [0.29, 0.717) is 6.61 Å². The Kier molecular flexibility index (Phi) is 7.28. The average Bonchev–Trinajstić information content (AvgIpc) is 2.64. The molecule has 1 amide bonds. The molecule has 0 unspecified atom stereocenters. The molecule has 5 atom stereocenters. The Balaban J connectivity index is 1.98. The van der Waals surface area contributed by atoms with Crippen molar-refractivity contribution in [1.82, 2.24) is 5.32 Å². The van der Waals surface area contributed by atoms with E-state index >= 15 is 0 Å². The highest BCUT2D eigenvalue weighted by molar-refractivity contribution is 7.89. The highest BCUT2D eigenvalue weighted by Crippen LogP contribution is 2.21. The van der Waals surface area contributed by atoms with Gasteiger partial charge in [-0.2, -0.15) is 0 Å². The fourth-order valence-corrected chi connectivity index (χ4v) is 3.11. The number of sulfonamides is 1. The van der Waals surface area contributed by atoms with Crippen molar-refractivity contribution >= 4 is 15.9 Å². The number of aliphatic hydroxyl groups is 2. The van der Waals surface area contributed by atoms with E-state index in [1.807, 2.05) is 6.92 Å². The number of benzene rings is 1. The van der Waals surface area contributed by atoms with Crippen molar-refractivity contribution in [2.24, 2.45) is 10.9 Å². The third-order valence-corrected chi connectivity index (χ3v) is 5.07. The molecule has 1 aromatic carbocycles. The number of ether oxygens (including phenoxy) is 2. The van der Waals surface area contributed by atoms with E-state index in [2.05, 4.69) is 5.32 Å². The van der Waals surface area contributed by atoms with Gasteiger partial charge in [0.2, 0.25) is 10.0 Å². The number of primary sulfonamides is 1. The summed E-state index contributed by atoms with van der Waals surface area (Å²) in [5, 5.41) is 27.7. The molecule has 1 saturated heterocycles. The zero-order valence-corrected chi connectivity index (χ0v) is 15.6. The summed E-state index contributed by atoms with van der Waals surface area (Å²) in [5.74, 6) is -0.512. The topological polar surface area (TPSA) is 174 Å². The van der Waals surface area contributed by atoms with Crippen LogP contribution in [0.1, 0.15) is 23.7 Å². The van der Waals surface area contributed by atoms with E-state index in [0.717, 1.165) is 6.42 Å². The average molecular weight is 403 g/mol. The van der Waals surface area contributed by atoms with Gasteiger partial charge in [0, 0.05) is 18.7 Å². The van der Waals surface area contributed by atoms with Crippen molar-refractivity contribution < 1.29 is 32.9 Å². The fraction of sp³-hybridized carbons (Fsp3) is 0.562. The van der Waals surface area contributed by atoms with E-state index in [1.54, 1.807) is 0 Å². The van der Waals surface area contributed by atoms with Crippen LogP contribution in [-0.2, 0) is 19.5 Å². The highest BCUT2D eigenvalue weighted by atomic mass is 32.2. The van der Waals surface area contributed by atoms with Crippen LogP contribution in [0.3, 0.4) is 0 Å². The van der Waals surface area contributed by atoms with Gasteiger partial charge in [-0.05, 0) is 30.7 Å². The smallest absolute Gasteiger partial charge is 0.251 e. The first kappa shape index (κ1) is 21.7. The van der Waals surface area contributed by atoms with Crippen LogP contribution in [0.15, 0.2) is 29.2 Å². The molecule has 0 radical (unpaired) electrons. The van der Waals surface area contributed by atoms with Gasteiger partial charge >= 0.3 is 0 Å². The first-order valence-corrected chi connectivity index (χ1v) is 9.99. The molecule has 1 aliphatic rings. The van der Waals surface area contributed by atoms with Gasteiger partial charge in [-0.15, -0.1) is 0 Å². The third-order valence-electron chi connectivity index (χ3n) is 4.14. The Morgan fingerprint density at radius 3 is 2.44 bits per heavy atom. The second kappa shape index (κ2) is 9.06. The lowest BCUT2D eigenvalue weighted by molar-refractivity contribution is -0.257. The molecule has 1 heterocycles. The number of hydrogen-bond donors (Lipinski definition) is 5. The summed E-state index contributed by atoms with van der Waals surface area (Å²) in [6, 6.07) is 4.14. The monoisotopic (exact) mass is 403 g/mol. The molecule has 10 nitrogen and oxygen atoms in total. The maximum Gasteiger partial charge on any atom is 0.251 e. The van der Waals surface area contributed by atoms with Gasteiger partial charge in [0.25, 0.3) is 5.91 Å². The van der Waals surface area contributed by atoms with Crippen LogP contribution in [-0.4, -0.2) is 68.3 Å².